The lowest BCUT2D eigenvalue weighted by Crippen LogP contribution is -2.79. The summed E-state index contributed by atoms with van der Waals surface area (Å²) in [6.07, 6.45) is -6.77. The molecule has 174 valence electrons. The molecule has 1 amide bonds. The number of rotatable bonds is 6. The maximum absolute atomic E-state index is 12.3. The van der Waals surface area contributed by atoms with E-state index in [9.17, 15) is 25.2 Å². The maximum Gasteiger partial charge on any atom is 0.249 e. The third-order valence-electron chi connectivity index (χ3n) is 6.21. The molecule has 30 heavy (non-hydrogen) atoms. The lowest BCUT2D eigenvalue weighted by molar-refractivity contribution is -0.449. The van der Waals surface area contributed by atoms with Gasteiger partial charge < -0.3 is 56.3 Å². The van der Waals surface area contributed by atoms with Crippen molar-refractivity contribution < 1.29 is 39.4 Å². The first-order valence-corrected chi connectivity index (χ1v) is 10.3. The number of carbonyl (C=O) groups excluding carboxylic acids is 1. The van der Waals surface area contributed by atoms with E-state index in [0.29, 0.717) is 0 Å². The Labute approximate surface area is 175 Å². The van der Waals surface area contributed by atoms with Crippen molar-refractivity contribution >= 4 is 5.91 Å². The van der Waals surface area contributed by atoms with E-state index in [0.717, 1.165) is 0 Å². The van der Waals surface area contributed by atoms with Crippen LogP contribution >= 0.6 is 0 Å². The van der Waals surface area contributed by atoms with Gasteiger partial charge in [-0.15, -0.1) is 0 Å². The molecular weight excluding hydrogens is 400 g/mol. The van der Waals surface area contributed by atoms with Crippen LogP contribution < -0.4 is 21.7 Å². The Morgan fingerprint density at radius 3 is 2.43 bits per heavy atom. The third kappa shape index (κ3) is 4.09. The number of likely N-dealkylation sites (N-methyl/N-ethyl adjacent to an activating group) is 2. The molecule has 11 atom stereocenters. The summed E-state index contributed by atoms with van der Waals surface area (Å²) in [5, 5.41) is 51.1. The van der Waals surface area contributed by atoms with Crippen molar-refractivity contribution in [2.75, 3.05) is 20.6 Å². The monoisotopic (exact) mass is 434 g/mol. The SMILES string of the molecule is CN[C@@H]1[C@H](O)[C@H](NC)C2O[C@]3(O)C(OC2[C@@H]1O)O[C@H](C)C[C@H]3NC(=O)[C@@H](O)CCN. The van der Waals surface area contributed by atoms with Gasteiger partial charge in [-0.3, -0.25) is 4.79 Å². The van der Waals surface area contributed by atoms with Crippen LogP contribution in [0.5, 0.6) is 0 Å². The lowest BCUT2D eigenvalue weighted by atomic mass is 9.79. The number of nitrogens with two attached hydrogens (primary N) is 1. The van der Waals surface area contributed by atoms with Crippen LogP contribution in [-0.4, -0.2) is 114 Å². The molecule has 3 fully saturated rings. The van der Waals surface area contributed by atoms with Crippen LogP contribution in [0.15, 0.2) is 0 Å². The smallest absolute Gasteiger partial charge is 0.249 e. The van der Waals surface area contributed by atoms with Gasteiger partial charge in [-0.1, -0.05) is 0 Å². The van der Waals surface area contributed by atoms with Gasteiger partial charge >= 0.3 is 0 Å². The molecule has 0 aromatic heterocycles. The number of hydrogen-bond acceptors (Lipinski definition) is 11. The predicted octanol–water partition coefficient (Wildman–Crippen LogP) is -4.30. The Hall–Kier alpha value is -0.930. The molecule has 0 spiro atoms. The minimum atomic E-state index is -2.09. The molecule has 2 saturated heterocycles. The van der Waals surface area contributed by atoms with Crippen LogP contribution in [0.3, 0.4) is 0 Å². The Balaban J connectivity index is 1.86. The summed E-state index contributed by atoms with van der Waals surface area (Å²) in [4.78, 5) is 12.3. The fourth-order valence-corrected chi connectivity index (χ4v) is 4.57. The first-order chi connectivity index (χ1) is 14.2. The molecule has 0 aromatic carbocycles. The van der Waals surface area contributed by atoms with Crippen molar-refractivity contribution in [2.24, 2.45) is 5.73 Å². The molecule has 3 rings (SSSR count). The van der Waals surface area contributed by atoms with Crippen molar-refractivity contribution in [1.29, 1.82) is 0 Å². The number of hydrogen-bond donors (Lipinski definition) is 8. The highest BCUT2D eigenvalue weighted by Crippen LogP contribution is 2.41. The van der Waals surface area contributed by atoms with E-state index < -0.39 is 72.7 Å². The number of fused-ring (bicyclic) bond motifs is 2. The second-order valence-electron chi connectivity index (χ2n) is 8.21. The quantitative estimate of drug-likeness (QED) is 0.202. The van der Waals surface area contributed by atoms with E-state index in [1.54, 1.807) is 21.0 Å². The average Bonchev–Trinajstić information content (AvgIpc) is 2.69. The summed E-state index contributed by atoms with van der Waals surface area (Å²) < 4.78 is 17.7. The molecule has 2 aliphatic heterocycles. The zero-order chi connectivity index (χ0) is 22.2. The van der Waals surface area contributed by atoms with Gasteiger partial charge in [0.05, 0.1) is 30.3 Å². The van der Waals surface area contributed by atoms with E-state index in [1.165, 1.54) is 0 Å². The van der Waals surface area contributed by atoms with Crippen molar-refractivity contribution in [3.8, 4) is 0 Å². The molecule has 3 aliphatic rings. The number of carbonyl (C=O) groups is 1. The standard InChI is InChI=1S/C18H34N4O8/c1-7-6-9(22-16(26)8(23)4-5-19)18(27)17(28-7)29-15-13(25)10(20-2)12(24)11(21-3)14(15)30-18/h7-15,17,20-21,23-25,27H,4-6,19H2,1-3H3,(H,22,26)/t7-,8+,9-,10-,11+,12+,13-,14?,15?,17?,18+/m1/s1. The number of amides is 1. The second-order valence-corrected chi connectivity index (χ2v) is 8.21. The van der Waals surface area contributed by atoms with Gasteiger partial charge in [0.2, 0.25) is 18.0 Å². The summed E-state index contributed by atoms with van der Waals surface area (Å²) >= 11 is 0. The number of ether oxygens (including phenoxy) is 3. The fourth-order valence-electron chi connectivity index (χ4n) is 4.57. The van der Waals surface area contributed by atoms with Crippen molar-refractivity contribution in [3.05, 3.63) is 0 Å². The van der Waals surface area contributed by atoms with Crippen LogP contribution in [0.4, 0.5) is 0 Å². The van der Waals surface area contributed by atoms with Crippen LogP contribution in [0.1, 0.15) is 19.8 Å². The highest BCUT2D eigenvalue weighted by molar-refractivity contribution is 5.80. The van der Waals surface area contributed by atoms with Gasteiger partial charge in [0, 0.05) is 0 Å². The molecule has 3 unspecified atom stereocenters. The van der Waals surface area contributed by atoms with Crippen LogP contribution in [0.25, 0.3) is 0 Å². The van der Waals surface area contributed by atoms with Gasteiger partial charge in [0.15, 0.2) is 0 Å². The Bertz CT molecular complexity index is 615. The maximum atomic E-state index is 12.3. The van der Waals surface area contributed by atoms with E-state index >= 15 is 0 Å². The van der Waals surface area contributed by atoms with E-state index in [-0.39, 0.29) is 19.4 Å². The zero-order valence-electron chi connectivity index (χ0n) is 17.4. The van der Waals surface area contributed by atoms with E-state index in [1.807, 2.05) is 0 Å². The third-order valence-corrected chi connectivity index (χ3v) is 6.21. The lowest BCUT2D eigenvalue weighted by Gasteiger charge is -2.58. The Morgan fingerprint density at radius 2 is 1.83 bits per heavy atom. The number of aliphatic hydroxyl groups excluding tert-OH is 3. The second kappa shape index (κ2) is 9.28. The largest absolute Gasteiger partial charge is 0.390 e. The molecule has 0 aromatic rings. The minimum Gasteiger partial charge on any atom is -0.390 e. The van der Waals surface area contributed by atoms with Gasteiger partial charge in [-0.25, -0.2) is 0 Å². The minimum absolute atomic E-state index is 0.0696. The van der Waals surface area contributed by atoms with Gasteiger partial charge in [-0.2, -0.15) is 0 Å². The molecule has 12 heteroatoms. The zero-order valence-corrected chi connectivity index (χ0v) is 17.4. The average molecular weight is 434 g/mol. The van der Waals surface area contributed by atoms with Crippen molar-refractivity contribution in [2.45, 2.75) is 86.6 Å². The predicted molar refractivity (Wildman–Crippen MR) is 103 cm³/mol. The van der Waals surface area contributed by atoms with Crippen LogP contribution in [0, 0.1) is 0 Å². The topological polar surface area (TPSA) is 188 Å². The molecule has 1 aliphatic carbocycles. The summed E-state index contributed by atoms with van der Waals surface area (Å²) in [5.74, 6) is -2.78. The molecular formula is C18H34N4O8. The molecule has 2 heterocycles. The highest BCUT2D eigenvalue weighted by atomic mass is 16.8. The first kappa shape index (κ1) is 23.7. The van der Waals surface area contributed by atoms with Gasteiger partial charge in [0.1, 0.15) is 24.4 Å². The molecule has 0 radical (unpaired) electrons. The van der Waals surface area contributed by atoms with Gasteiger partial charge in [-0.05, 0) is 40.4 Å². The number of aliphatic hydroxyl groups is 4. The molecule has 9 N–H and O–H groups in total. The summed E-state index contributed by atoms with van der Waals surface area (Å²) in [6.45, 7) is 1.87. The van der Waals surface area contributed by atoms with Crippen LogP contribution in [0.2, 0.25) is 0 Å². The van der Waals surface area contributed by atoms with E-state index in [4.69, 9.17) is 19.9 Å². The molecule has 0 bridgehead atoms. The summed E-state index contributed by atoms with van der Waals surface area (Å²) in [7, 11) is 3.23. The Morgan fingerprint density at radius 1 is 1.17 bits per heavy atom. The van der Waals surface area contributed by atoms with Crippen LogP contribution in [-0.2, 0) is 19.0 Å². The normalized spacial score (nSPS) is 47.1. The Kier molecular flexibility index (Phi) is 7.34. The summed E-state index contributed by atoms with van der Waals surface area (Å²) in [5.41, 5.74) is 5.39. The molecule has 12 nitrogen and oxygen atoms in total. The van der Waals surface area contributed by atoms with Crippen molar-refractivity contribution in [3.63, 3.8) is 0 Å². The van der Waals surface area contributed by atoms with E-state index in [2.05, 4.69) is 16.0 Å². The highest BCUT2D eigenvalue weighted by Gasteiger charge is 2.63. The van der Waals surface area contributed by atoms with Crippen molar-refractivity contribution in [1.82, 2.24) is 16.0 Å². The molecule has 1 saturated carbocycles. The summed E-state index contributed by atoms with van der Waals surface area (Å²) in [6, 6.07) is -2.33. The van der Waals surface area contributed by atoms with Gasteiger partial charge in [0.25, 0.3) is 0 Å². The fraction of sp³-hybridized carbons (Fsp3) is 0.944. The number of nitrogens with one attached hydrogen (secondary N) is 3. The first-order valence-electron chi connectivity index (χ1n) is 10.3.